The van der Waals surface area contributed by atoms with Gasteiger partial charge in [-0.3, -0.25) is 13.8 Å². The maximum atomic E-state index is 13.2. The van der Waals surface area contributed by atoms with E-state index in [0.717, 1.165) is 21.2 Å². The Morgan fingerprint density at radius 1 is 1.05 bits per heavy atom. The Labute approximate surface area is 252 Å². The molecule has 43 heavy (non-hydrogen) atoms. The molecule has 12 heteroatoms. The summed E-state index contributed by atoms with van der Waals surface area (Å²) in [6.45, 7) is 3.80. The Morgan fingerprint density at radius 3 is 2.28 bits per heavy atom. The van der Waals surface area contributed by atoms with Crippen LogP contribution in [0.3, 0.4) is 0 Å². The number of hydrogen-bond acceptors (Lipinski definition) is 7. The van der Waals surface area contributed by atoms with Crippen LogP contribution in [0.5, 0.6) is 5.75 Å². The SMILES string of the molecule is COc1ccc(C#Cc2ccc(N3CCN(N(C(C)CC(=O)O)S(=O)[O-])CC3)cc2)cc1C(=O)NCc1ccc(F)cc1. The standard InChI is InChI=1S/C31H33FN4O6S/c1-22(19-30(37)38)36(43(40)41)35-17-15-34(16-18-35)27-12-7-23(8-13-27)3-4-24-9-14-29(42-2)28(20-24)31(39)33-21-25-5-10-26(32)11-6-25/h5-14,20,22H,15-19,21H2,1-2H3,(H,33,39)(H,37,38)(H,40,41)/p-1. The van der Waals surface area contributed by atoms with E-state index in [2.05, 4.69) is 22.1 Å². The number of ether oxygens (including phenoxy) is 1. The number of anilines is 1. The van der Waals surface area contributed by atoms with Gasteiger partial charge in [0.25, 0.3) is 5.91 Å². The summed E-state index contributed by atoms with van der Waals surface area (Å²) in [5, 5.41) is 13.5. The average Bonchev–Trinajstić information content (AvgIpc) is 2.99. The van der Waals surface area contributed by atoms with Crippen LogP contribution >= 0.6 is 0 Å². The molecule has 10 nitrogen and oxygen atoms in total. The van der Waals surface area contributed by atoms with Crippen LogP contribution in [0.4, 0.5) is 10.1 Å². The maximum Gasteiger partial charge on any atom is 0.305 e. The van der Waals surface area contributed by atoms with Gasteiger partial charge in [0, 0.05) is 66.8 Å². The van der Waals surface area contributed by atoms with Crippen molar-refractivity contribution in [1.82, 2.24) is 14.7 Å². The van der Waals surface area contributed by atoms with Gasteiger partial charge in [-0.05, 0) is 67.1 Å². The molecule has 3 aromatic rings. The normalized spacial score (nSPS) is 14.9. The van der Waals surface area contributed by atoms with Crippen LogP contribution in [-0.4, -0.2) is 74.5 Å². The van der Waals surface area contributed by atoms with Crippen LogP contribution in [-0.2, 0) is 22.6 Å². The highest BCUT2D eigenvalue weighted by Gasteiger charge is 2.28. The number of benzene rings is 3. The van der Waals surface area contributed by atoms with E-state index in [1.165, 1.54) is 19.2 Å². The molecule has 0 spiro atoms. The van der Waals surface area contributed by atoms with Gasteiger partial charge in [0.2, 0.25) is 0 Å². The largest absolute Gasteiger partial charge is 0.759 e. The lowest BCUT2D eigenvalue weighted by molar-refractivity contribution is -0.139. The Hall–Kier alpha value is -4.28. The van der Waals surface area contributed by atoms with Crippen LogP contribution in [0, 0.1) is 17.7 Å². The summed E-state index contributed by atoms with van der Waals surface area (Å²) < 4.78 is 43.2. The maximum absolute atomic E-state index is 13.2. The number of amides is 1. The van der Waals surface area contributed by atoms with E-state index in [1.807, 2.05) is 24.3 Å². The first-order valence-corrected chi connectivity index (χ1v) is 14.6. The van der Waals surface area contributed by atoms with E-state index in [0.29, 0.717) is 43.1 Å². The Kier molecular flexibility index (Phi) is 10.9. The number of piperazine rings is 1. The lowest BCUT2D eigenvalue weighted by atomic mass is 10.1. The predicted molar refractivity (Wildman–Crippen MR) is 159 cm³/mol. The number of methoxy groups -OCH3 is 1. The van der Waals surface area contributed by atoms with Crippen molar-refractivity contribution in [1.29, 1.82) is 0 Å². The lowest BCUT2D eigenvalue weighted by Crippen LogP contribution is -2.57. The van der Waals surface area contributed by atoms with Crippen LogP contribution in [0.1, 0.15) is 40.4 Å². The first kappa shape index (κ1) is 31.7. The number of carbonyl (C=O) groups excluding carboxylic acids is 1. The number of nitrogens with one attached hydrogen (secondary N) is 1. The van der Waals surface area contributed by atoms with Gasteiger partial charge in [0.15, 0.2) is 0 Å². The molecule has 4 rings (SSSR count). The van der Waals surface area contributed by atoms with Crippen molar-refractivity contribution >= 4 is 28.8 Å². The molecular formula is C31H32FN4O6S-. The van der Waals surface area contributed by atoms with Crippen molar-refractivity contribution < 1.29 is 32.6 Å². The third-order valence-electron chi connectivity index (χ3n) is 6.93. The van der Waals surface area contributed by atoms with E-state index < -0.39 is 23.3 Å². The molecule has 0 radical (unpaired) electrons. The minimum absolute atomic E-state index is 0.236. The summed E-state index contributed by atoms with van der Waals surface area (Å²) in [5.74, 6) is 4.87. The number of rotatable bonds is 10. The number of carboxylic acids is 1. The number of halogens is 1. The van der Waals surface area contributed by atoms with Gasteiger partial charge in [-0.2, -0.15) is 4.41 Å². The quantitative estimate of drug-likeness (QED) is 0.266. The van der Waals surface area contributed by atoms with Crippen molar-refractivity contribution in [3.63, 3.8) is 0 Å². The summed E-state index contributed by atoms with van der Waals surface area (Å²) >= 11 is -2.57. The highest BCUT2D eigenvalue weighted by Crippen LogP contribution is 2.22. The fraction of sp³-hybridized carbons (Fsp3) is 0.290. The predicted octanol–water partition coefficient (Wildman–Crippen LogP) is 3.16. The zero-order chi connectivity index (χ0) is 30.9. The zero-order valence-corrected chi connectivity index (χ0v) is 24.6. The minimum atomic E-state index is -2.57. The zero-order valence-electron chi connectivity index (χ0n) is 23.8. The van der Waals surface area contributed by atoms with Gasteiger partial charge in [-0.15, -0.1) is 0 Å². The third-order valence-corrected chi connectivity index (χ3v) is 7.83. The van der Waals surface area contributed by atoms with Gasteiger partial charge in [-0.1, -0.05) is 24.0 Å². The van der Waals surface area contributed by atoms with E-state index in [-0.39, 0.29) is 24.7 Å². The molecular weight excluding hydrogens is 575 g/mol. The van der Waals surface area contributed by atoms with Crippen molar-refractivity contribution in [3.05, 3.63) is 94.8 Å². The van der Waals surface area contributed by atoms with Gasteiger partial charge in [0.1, 0.15) is 11.6 Å². The summed E-state index contributed by atoms with van der Waals surface area (Å²) in [6.07, 6.45) is -0.279. The second kappa shape index (κ2) is 14.8. The van der Waals surface area contributed by atoms with E-state index in [1.54, 1.807) is 42.3 Å². The first-order valence-electron chi connectivity index (χ1n) is 13.6. The molecule has 1 aliphatic heterocycles. The molecule has 2 N–H and O–H groups in total. The second-order valence-electron chi connectivity index (χ2n) is 9.93. The molecule has 2 unspecified atom stereocenters. The number of hydrogen-bond donors (Lipinski definition) is 2. The molecule has 0 aromatic heterocycles. The highest BCUT2D eigenvalue weighted by atomic mass is 32.2. The number of carbonyl (C=O) groups is 2. The summed E-state index contributed by atoms with van der Waals surface area (Å²) in [5.41, 5.74) is 3.47. The summed E-state index contributed by atoms with van der Waals surface area (Å²) in [7, 11) is 1.49. The summed E-state index contributed by atoms with van der Waals surface area (Å²) in [6, 6.07) is 18.0. The molecule has 0 aliphatic carbocycles. The van der Waals surface area contributed by atoms with Crippen molar-refractivity contribution in [3.8, 4) is 17.6 Å². The van der Waals surface area contributed by atoms with Crippen LogP contribution < -0.4 is 15.0 Å². The third kappa shape index (κ3) is 8.62. The second-order valence-corrected chi connectivity index (χ2v) is 10.7. The fourth-order valence-corrected chi connectivity index (χ4v) is 5.47. The fourth-order valence-electron chi connectivity index (χ4n) is 4.74. The van der Waals surface area contributed by atoms with Gasteiger partial charge >= 0.3 is 5.97 Å². The summed E-state index contributed by atoms with van der Waals surface area (Å²) in [4.78, 5) is 26.1. The van der Waals surface area contributed by atoms with Crippen molar-refractivity contribution in [2.45, 2.75) is 25.9 Å². The number of nitrogens with zero attached hydrogens (tertiary/aromatic N) is 3. The Morgan fingerprint density at radius 2 is 1.67 bits per heavy atom. The highest BCUT2D eigenvalue weighted by molar-refractivity contribution is 7.76. The topological polar surface area (TPSA) is 125 Å². The van der Waals surface area contributed by atoms with Gasteiger partial charge in [0.05, 0.1) is 19.1 Å². The number of carboxylic acid groups (broad SMARTS) is 1. The molecule has 1 fully saturated rings. The molecule has 0 bridgehead atoms. The molecule has 1 heterocycles. The molecule has 1 saturated heterocycles. The first-order chi connectivity index (χ1) is 20.6. The van der Waals surface area contributed by atoms with Crippen molar-refractivity contribution in [2.75, 3.05) is 38.2 Å². The average molecular weight is 608 g/mol. The van der Waals surface area contributed by atoms with Crippen LogP contribution in [0.15, 0.2) is 66.7 Å². The smallest absolute Gasteiger partial charge is 0.305 e. The Bertz CT molecular complexity index is 1520. The van der Waals surface area contributed by atoms with Crippen LogP contribution in [0.25, 0.3) is 0 Å². The molecule has 3 aromatic carbocycles. The molecule has 226 valence electrons. The van der Waals surface area contributed by atoms with Crippen molar-refractivity contribution in [2.24, 2.45) is 0 Å². The number of aliphatic carboxylic acids is 1. The molecule has 2 atom stereocenters. The minimum Gasteiger partial charge on any atom is -0.759 e. The van der Waals surface area contributed by atoms with E-state index >= 15 is 0 Å². The lowest BCUT2D eigenvalue weighted by Gasteiger charge is -2.44. The monoisotopic (exact) mass is 607 g/mol. The molecule has 1 amide bonds. The van der Waals surface area contributed by atoms with E-state index in [9.17, 15) is 22.7 Å². The van der Waals surface area contributed by atoms with Gasteiger partial charge in [-0.25, -0.2) is 9.40 Å². The molecule has 1 aliphatic rings. The van der Waals surface area contributed by atoms with Gasteiger partial charge < -0.3 is 24.6 Å². The van der Waals surface area contributed by atoms with E-state index in [4.69, 9.17) is 9.84 Å². The number of hydrazine groups is 1. The Balaban J connectivity index is 1.38. The van der Waals surface area contributed by atoms with Crippen LogP contribution in [0.2, 0.25) is 0 Å². The molecule has 0 saturated carbocycles.